The molecule has 1 aromatic carbocycles. The topological polar surface area (TPSA) is 0 Å². The van der Waals surface area contributed by atoms with Gasteiger partial charge in [0.25, 0.3) is 0 Å². The standard InChI is InChI=1S/C10H9BrClF/c11-5-6-3-9(6)8-2-1-7(13)4-10(8)12/h1-2,4,6,9H,3,5H2. The summed E-state index contributed by atoms with van der Waals surface area (Å²) in [4.78, 5) is 0. The molecule has 2 atom stereocenters. The van der Waals surface area contributed by atoms with Crippen LogP contribution < -0.4 is 0 Å². The van der Waals surface area contributed by atoms with Gasteiger partial charge in [-0.2, -0.15) is 0 Å². The summed E-state index contributed by atoms with van der Waals surface area (Å²) >= 11 is 9.37. The van der Waals surface area contributed by atoms with Crippen molar-refractivity contribution in [2.45, 2.75) is 12.3 Å². The van der Waals surface area contributed by atoms with Crippen LogP contribution in [0.15, 0.2) is 18.2 Å². The smallest absolute Gasteiger partial charge is 0.124 e. The lowest BCUT2D eigenvalue weighted by atomic mass is 10.1. The van der Waals surface area contributed by atoms with Crippen molar-refractivity contribution in [3.63, 3.8) is 0 Å². The monoisotopic (exact) mass is 262 g/mol. The highest BCUT2D eigenvalue weighted by Crippen LogP contribution is 2.50. The largest absolute Gasteiger partial charge is 0.207 e. The fraction of sp³-hybridized carbons (Fsp3) is 0.400. The van der Waals surface area contributed by atoms with Crippen molar-refractivity contribution in [1.82, 2.24) is 0 Å². The van der Waals surface area contributed by atoms with Crippen molar-refractivity contribution in [1.29, 1.82) is 0 Å². The van der Waals surface area contributed by atoms with Gasteiger partial charge in [-0.3, -0.25) is 0 Å². The third kappa shape index (κ3) is 1.89. The van der Waals surface area contributed by atoms with Crippen molar-refractivity contribution in [3.8, 4) is 0 Å². The second-order valence-electron chi connectivity index (χ2n) is 3.42. The Hall–Kier alpha value is -0.0800. The highest BCUT2D eigenvalue weighted by molar-refractivity contribution is 9.09. The van der Waals surface area contributed by atoms with Crippen molar-refractivity contribution in [2.75, 3.05) is 5.33 Å². The molecule has 70 valence electrons. The molecular weight excluding hydrogens is 254 g/mol. The molecule has 0 heterocycles. The van der Waals surface area contributed by atoms with Crippen molar-refractivity contribution in [3.05, 3.63) is 34.6 Å². The number of hydrogen-bond acceptors (Lipinski definition) is 0. The number of halogens is 3. The lowest BCUT2D eigenvalue weighted by Crippen LogP contribution is -1.87. The SMILES string of the molecule is Fc1ccc(C2CC2CBr)c(Cl)c1. The van der Waals surface area contributed by atoms with Gasteiger partial charge in [-0.05, 0) is 36.0 Å². The second kappa shape index (κ2) is 3.58. The van der Waals surface area contributed by atoms with E-state index in [9.17, 15) is 4.39 Å². The summed E-state index contributed by atoms with van der Waals surface area (Å²) < 4.78 is 12.7. The van der Waals surface area contributed by atoms with E-state index in [0.717, 1.165) is 17.3 Å². The van der Waals surface area contributed by atoms with Crippen LogP contribution in [0, 0.1) is 11.7 Å². The van der Waals surface area contributed by atoms with Crippen LogP contribution in [0.1, 0.15) is 17.9 Å². The molecule has 0 saturated heterocycles. The van der Waals surface area contributed by atoms with Crippen LogP contribution in [-0.2, 0) is 0 Å². The van der Waals surface area contributed by atoms with Crippen LogP contribution in [0.2, 0.25) is 5.02 Å². The Morgan fingerprint density at radius 1 is 1.54 bits per heavy atom. The average Bonchev–Trinajstić information content (AvgIpc) is 2.83. The van der Waals surface area contributed by atoms with Crippen LogP contribution in [0.5, 0.6) is 0 Å². The molecule has 0 radical (unpaired) electrons. The van der Waals surface area contributed by atoms with Gasteiger partial charge in [0, 0.05) is 10.4 Å². The molecule has 0 aliphatic heterocycles. The van der Waals surface area contributed by atoms with E-state index in [2.05, 4.69) is 15.9 Å². The first-order chi connectivity index (χ1) is 6.22. The lowest BCUT2D eigenvalue weighted by Gasteiger charge is -2.02. The van der Waals surface area contributed by atoms with Gasteiger partial charge in [-0.15, -0.1) is 0 Å². The maximum atomic E-state index is 12.7. The summed E-state index contributed by atoms with van der Waals surface area (Å²) in [7, 11) is 0. The maximum Gasteiger partial charge on any atom is 0.124 e. The Morgan fingerprint density at radius 3 is 2.85 bits per heavy atom. The molecular formula is C10H9BrClF. The van der Waals surface area contributed by atoms with E-state index in [1.54, 1.807) is 6.07 Å². The molecule has 1 saturated carbocycles. The zero-order valence-corrected chi connectivity index (χ0v) is 9.28. The van der Waals surface area contributed by atoms with Gasteiger partial charge in [0.05, 0.1) is 0 Å². The Kier molecular flexibility index (Phi) is 2.61. The van der Waals surface area contributed by atoms with Gasteiger partial charge in [0.1, 0.15) is 5.82 Å². The minimum absolute atomic E-state index is 0.259. The molecule has 2 rings (SSSR count). The third-order valence-electron chi connectivity index (χ3n) is 2.48. The Balaban J connectivity index is 2.22. The molecule has 3 heteroatoms. The molecule has 0 nitrogen and oxygen atoms in total. The summed E-state index contributed by atoms with van der Waals surface area (Å²) in [6, 6.07) is 4.66. The predicted octanol–water partition coefficient (Wildman–Crippen LogP) is 3.98. The summed E-state index contributed by atoms with van der Waals surface area (Å²) in [5, 5.41) is 1.57. The van der Waals surface area contributed by atoms with E-state index < -0.39 is 0 Å². The van der Waals surface area contributed by atoms with Crippen molar-refractivity contribution in [2.24, 2.45) is 5.92 Å². The van der Waals surface area contributed by atoms with Gasteiger partial charge in [-0.25, -0.2) is 4.39 Å². The maximum absolute atomic E-state index is 12.7. The first kappa shape index (κ1) is 9.47. The van der Waals surface area contributed by atoms with Crippen molar-refractivity contribution < 1.29 is 4.39 Å². The lowest BCUT2D eigenvalue weighted by molar-refractivity contribution is 0.627. The first-order valence-electron chi connectivity index (χ1n) is 4.23. The number of hydrogen-bond donors (Lipinski definition) is 0. The quantitative estimate of drug-likeness (QED) is 0.708. The zero-order chi connectivity index (χ0) is 9.42. The highest BCUT2D eigenvalue weighted by atomic mass is 79.9. The normalized spacial score (nSPS) is 26.1. The predicted molar refractivity (Wildman–Crippen MR) is 56.1 cm³/mol. The molecule has 0 spiro atoms. The van der Waals surface area contributed by atoms with Gasteiger partial charge < -0.3 is 0 Å². The van der Waals surface area contributed by atoms with Crippen molar-refractivity contribution >= 4 is 27.5 Å². The van der Waals surface area contributed by atoms with Crippen LogP contribution in [-0.4, -0.2) is 5.33 Å². The van der Waals surface area contributed by atoms with Gasteiger partial charge in [0.2, 0.25) is 0 Å². The minimum atomic E-state index is -0.259. The molecule has 0 N–H and O–H groups in total. The molecule has 0 bridgehead atoms. The van der Waals surface area contributed by atoms with Crippen LogP contribution >= 0.6 is 27.5 Å². The molecule has 1 aliphatic rings. The molecule has 2 unspecified atom stereocenters. The average molecular weight is 264 g/mol. The highest BCUT2D eigenvalue weighted by Gasteiger charge is 2.38. The zero-order valence-electron chi connectivity index (χ0n) is 6.93. The molecule has 1 aliphatic carbocycles. The number of benzene rings is 1. The van der Waals surface area contributed by atoms with E-state index in [1.165, 1.54) is 12.1 Å². The molecule has 13 heavy (non-hydrogen) atoms. The van der Waals surface area contributed by atoms with Crippen LogP contribution in [0.3, 0.4) is 0 Å². The Labute approximate surface area is 90.2 Å². The van der Waals surface area contributed by atoms with Gasteiger partial charge in [-0.1, -0.05) is 33.6 Å². The van der Waals surface area contributed by atoms with E-state index >= 15 is 0 Å². The molecule has 0 amide bonds. The summed E-state index contributed by atoms with van der Waals surface area (Å²) in [6.07, 6.45) is 1.16. The van der Waals surface area contributed by atoms with Crippen LogP contribution in [0.4, 0.5) is 4.39 Å². The van der Waals surface area contributed by atoms with E-state index in [0.29, 0.717) is 16.9 Å². The Bertz CT molecular complexity index is 327. The van der Waals surface area contributed by atoms with E-state index in [1.807, 2.05) is 0 Å². The second-order valence-corrected chi connectivity index (χ2v) is 4.48. The van der Waals surface area contributed by atoms with E-state index in [4.69, 9.17) is 11.6 Å². The van der Waals surface area contributed by atoms with Gasteiger partial charge >= 0.3 is 0 Å². The number of rotatable bonds is 2. The van der Waals surface area contributed by atoms with E-state index in [-0.39, 0.29) is 5.82 Å². The molecule has 1 aromatic rings. The summed E-state index contributed by atoms with van der Waals surface area (Å²) in [5.74, 6) is 0.959. The summed E-state index contributed by atoms with van der Waals surface area (Å²) in [5.41, 5.74) is 1.09. The minimum Gasteiger partial charge on any atom is -0.207 e. The number of alkyl halides is 1. The van der Waals surface area contributed by atoms with Gasteiger partial charge in [0.15, 0.2) is 0 Å². The third-order valence-corrected chi connectivity index (χ3v) is 3.64. The van der Waals surface area contributed by atoms with Crippen LogP contribution in [0.25, 0.3) is 0 Å². The first-order valence-corrected chi connectivity index (χ1v) is 5.73. The molecule has 0 aromatic heterocycles. The Morgan fingerprint density at radius 2 is 2.31 bits per heavy atom. The molecule has 1 fully saturated rings. The fourth-order valence-electron chi connectivity index (χ4n) is 1.60. The fourth-order valence-corrected chi connectivity index (χ4v) is 2.62. The summed E-state index contributed by atoms with van der Waals surface area (Å²) in [6.45, 7) is 0.